The van der Waals surface area contributed by atoms with E-state index < -0.39 is 10.2 Å². The molecule has 0 radical (unpaired) electrons. The van der Waals surface area contributed by atoms with Gasteiger partial charge in [0.15, 0.2) is 0 Å². The summed E-state index contributed by atoms with van der Waals surface area (Å²) >= 11 is 0. The molecule has 1 rings (SSSR count). The van der Waals surface area contributed by atoms with E-state index in [-0.39, 0.29) is 17.7 Å². The summed E-state index contributed by atoms with van der Waals surface area (Å²) < 4.78 is 24.7. The van der Waals surface area contributed by atoms with Crippen molar-refractivity contribution in [1.82, 2.24) is 14.6 Å². The SMILES string of the molecule is CC(C)(C)CC(=O)NNS(=O)(=O)N1CCCC1. The maximum atomic E-state index is 11.7. The minimum absolute atomic E-state index is 0.164. The van der Waals surface area contributed by atoms with E-state index in [0.29, 0.717) is 13.1 Å². The summed E-state index contributed by atoms with van der Waals surface area (Å²) in [5.41, 5.74) is 2.07. The molecule has 0 aromatic carbocycles. The smallest absolute Gasteiger partial charge is 0.277 e. The fourth-order valence-corrected chi connectivity index (χ4v) is 2.75. The third-order valence-corrected chi connectivity index (χ3v) is 3.82. The number of amides is 1. The van der Waals surface area contributed by atoms with Crippen molar-refractivity contribution in [1.29, 1.82) is 0 Å². The quantitative estimate of drug-likeness (QED) is 0.720. The van der Waals surface area contributed by atoms with Gasteiger partial charge in [0.2, 0.25) is 5.91 Å². The largest absolute Gasteiger partial charge is 0.296 e. The lowest BCUT2D eigenvalue weighted by atomic mass is 9.92. The van der Waals surface area contributed by atoms with Crippen LogP contribution in [0.5, 0.6) is 0 Å². The molecular formula is C10H21N3O3S. The molecule has 0 spiro atoms. The Morgan fingerprint density at radius 2 is 1.76 bits per heavy atom. The molecule has 0 bridgehead atoms. The number of nitrogens with one attached hydrogen (secondary N) is 2. The van der Waals surface area contributed by atoms with Gasteiger partial charge < -0.3 is 0 Å². The van der Waals surface area contributed by atoms with Crippen LogP contribution in [-0.2, 0) is 15.0 Å². The van der Waals surface area contributed by atoms with E-state index in [1.165, 1.54) is 4.31 Å². The van der Waals surface area contributed by atoms with Gasteiger partial charge in [0, 0.05) is 19.5 Å². The molecule has 0 aromatic heterocycles. The van der Waals surface area contributed by atoms with Crippen LogP contribution in [0, 0.1) is 5.41 Å². The van der Waals surface area contributed by atoms with Gasteiger partial charge in [-0.25, -0.2) is 0 Å². The second-order valence-corrected chi connectivity index (χ2v) is 7.17. The first-order chi connectivity index (χ1) is 7.71. The summed E-state index contributed by atoms with van der Waals surface area (Å²) in [7, 11) is -3.56. The van der Waals surface area contributed by atoms with Gasteiger partial charge in [0.25, 0.3) is 10.2 Å². The van der Waals surface area contributed by atoms with Gasteiger partial charge in [-0.05, 0) is 18.3 Å². The lowest BCUT2D eigenvalue weighted by Crippen LogP contribution is -2.48. The van der Waals surface area contributed by atoms with Crippen LogP contribution in [0.15, 0.2) is 0 Å². The highest BCUT2D eigenvalue weighted by atomic mass is 32.2. The fourth-order valence-electron chi connectivity index (χ4n) is 1.64. The maximum absolute atomic E-state index is 11.7. The monoisotopic (exact) mass is 263 g/mol. The van der Waals surface area contributed by atoms with Crippen molar-refractivity contribution >= 4 is 16.1 Å². The molecule has 0 atom stereocenters. The average molecular weight is 263 g/mol. The third-order valence-electron chi connectivity index (χ3n) is 2.42. The molecule has 0 saturated carbocycles. The van der Waals surface area contributed by atoms with Crippen LogP contribution in [0.2, 0.25) is 0 Å². The molecule has 6 nitrogen and oxygen atoms in total. The van der Waals surface area contributed by atoms with Crippen LogP contribution in [0.1, 0.15) is 40.0 Å². The molecule has 1 saturated heterocycles. The topological polar surface area (TPSA) is 78.5 Å². The first kappa shape index (κ1) is 14.4. The Hall–Kier alpha value is -0.660. The Bertz CT molecular complexity index is 367. The van der Waals surface area contributed by atoms with Crippen molar-refractivity contribution in [3.63, 3.8) is 0 Å². The van der Waals surface area contributed by atoms with Gasteiger partial charge in [-0.1, -0.05) is 20.8 Å². The van der Waals surface area contributed by atoms with Gasteiger partial charge in [-0.15, -0.1) is 4.83 Å². The fraction of sp³-hybridized carbons (Fsp3) is 0.900. The number of carbonyl (C=O) groups excluding carboxylic acids is 1. The second-order valence-electron chi connectivity index (χ2n) is 5.50. The zero-order chi connectivity index (χ0) is 13.1. The lowest BCUT2D eigenvalue weighted by Gasteiger charge is -2.19. The maximum Gasteiger partial charge on any atom is 0.296 e. The molecule has 1 aliphatic rings. The summed E-state index contributed by atoms with van der Waals surface area (Å²) in [6.07, 6.45) is 2.02. The number of hydrazine groups is 1. The number of carbonyl (C=O) groups is 1. The van der Waals surface area contributed by atoms with Gasteiger partial charge in [-0.3, -0.25) is 10.2 Å². The molecule has 0 unspecified atom stereocenters. The van der Waals surface area contributed by atoms with Gasteiger partial charge >= 0.3 is 0 Å². The van der Waals surface area contributed by atoms with Crippen molar-refractivity contribution in [2.45, 2.75) is 40.0 Å². The van der Waals surface area contributed by atoms with Crippen LogP contribution in [0.25, 0.3) is 0 Å². The molecule has 0 aliphatic carbocycles. The molecule has 7 heteroatoms. The molecule has 1 amide bonds. The van der Waals surface area contributed by atoms with Crippen molar-refractivity contribution in [3.8, 4) is 0 Å². The molecule has 1 aliphatic heterocycles. The van der Waals surface area contributed by atoms with Crippen LogP contribution in [-0.4, -0.2) is 31.7 Å². The Labute approximate surface area is 103 Å². The molecule has 0 aromatic rings. The number of hydrogen-bond acceptors (Lipinski definition) is 3. The highest BCUT2D eigenvalue weighted by Crippen LogP contribution is 2.17. The van der Waals surface area contributed by atoms with E-state index >= 15 is 0 Å². The number of hydrogen-bond donors (Lipinski definition) is 2. The summed E-state index contributed by atoms with van der Waals surface area (Å²) in [4.78, 5) is 13.6. The summed E-state index contributed by atoms with van der Waals surface area (Å²) in [5.74, 6) is -0.319. The predicted molar refractivity (Wildman–Crippen MR) is 65.1 cm³/mol. The first-order valence-corrected chi connectivity index (χ1v) is 7.20. The predicted octanol–water partition coefficient (Wildman–Crippen LogP) is 0.384. The third kappa shape index (κ3) is 5.01. The van der Waals surface area contributed by atoms with Gasteiger partial charge in [-0.2, -0.15) is 12.7 Å². The van der Waals surface area contributed by atoms with Crippen molar-refractivity contribution in [2.75, 3.05) is 13.1 Å². The van der Waals surface area contributed by atoms with Crippen LogP contribution < -0.4 is 10.3 Å². The molecule has 1 fully saturated rings. The van der Waals surface area contributed by atoms with E-state index in [1.807, 2.05) is 20.8 Å². The Morgan fingerprint density at radius 3 is 2.24 bits per heavy atom. The molecule has 100 valence electrons. The summed E-state index contributed by atoms with van der Waals surface area (Å²) in [6, 6.07) is 0. The number of rotatable bonds is 4. The van der Waals surface area contributed by atoms with Crippen LogP contribution in [0.4, 0.5) is 0 Å². The van der Waals surface area contributed by atoms with E-state index in [2.05, 4.69) is 10.3 Å². The lowest BCUT2D eigenvalue weighted by molar-refractivity contribution is -0.123. The Balaban J connectivity index is 2.42. The Kier molecular flexibility index (Phi) is 4.51. The highest BCUT2D eigenvalue weighted by molar-refractivity contribution is 7.87. The second kappa shape index (κ2) is 5.32. The zero-order valence-corrected chi connectivity index (χ0v) is 11.4. The highest BCUT2D eigenvalue weighted by Gasteiger charge is 2.26. The van der Waals surface area contributed by atoms with Gasteiger partial charge in [0.05, 0.1) is 0 Å². The van der Waals surface area contributed by atoms with E-state index in [9.17, 15) is 13.2 Å². The number of nitrogens with zero attached hydrogens (tertiary/aromatic N) is 1. The minimum Gasteiger partial charge on any atom is -0.277 e. The molecule has 17 heavy (non-hydrogen) atoms. The minimum atomic E-state index is -3.56. The molecular weight excluding hydrogens is 242 g/mol. The Morgan fingerprint density at radius 1 is 1.24 bits per heavy atom. The van der Waals surface area contributed by atoms with Crippen molar-refractivity contribution in [2.24, 2.45) is 5.41 Å². The average Bonchev–Trinajstić information content (AvgIpc) is 2.65. The van der Waals surface area contributed by atoms with E-state index in [4.69, 9.17) is 0 Å². The van der Waals surface area contributed by atoms with Crippen molar-refractivity contribution < 1.29 is 13.2 Å². The molecule has 1 heterocycles. The first-order valence-electron chi connectivity index (χ1n) is 5.76. The van der Waals surface area contributed by atoms with Crippen molar-refractivity contribution in [3.05, 3.63) is 0 Å². The normalized spacial score (nSPS) is 18.3. The molecule has 2 N–H and O–H groups in total. The van der Waals surface area contributed by atoms with E-state index in [0.717, 1.165) is 12.8 Å². The standard InChI is InChI=1S/C10H21N3O3S/c1-10(2,3)8-9(14)11-12-17(15,16)13-6-4-5-7-13/h12H,4-8H2,1-3H3,(H,11,14). The van der Waals surface area contributed by atoms with Crippen LogP contribution >= 0.6 is 0 Å². The van der Waals surface area contributed by atoms with Crippen LogP contribution in [0.3, 0.4) is 0 Å². The summed E-state index contributed by atoms with van der Waals surface area (Å²) in [5, 5.41) is 0. The van der Waals surface area contributed by atoms with E-state index in [1.54, 1.807) is 0 Å². The van der Waals surface area contributed by atoms with Gasteiger partial charge in [0.1, 0.15) is 0 Å². The zero-order valence-electron chi connectivity index (χ0n) is 10.6. The summed E-state index contributed by atoms with van der Waals surface area (Å²) in [6.45, 7) is 6.79.